The first-order valence-electron chi connectivity index (χ1n) is 5.65. The van der Waals surface area contributed by atoms with Gasteiger partial charge in [-0.1, -0.05) is 13.0 Å². The second kappa shape index (κ2) is 5.69. The summed E-state index contributed by atoms with van der Waals surface area (Å²) in [6, 6.07) is 10.5. The third-order valence-electron chi connectivity index (χ3n) is 2.52. The third kappa shape index (κ3) is 3.33. The van der Waals surface area contributed by atoms with Crippen molar-refractivity contribution >= 4 is 27.3 Å². The average molecular weight is 311 g/mol. The van der Waals surface area contributed by atoms with Crippen LogP contribution in [0, 0.1) is 6.92 Å². The number of ether oxygens (including phenoxy) is 1. The zero-order valence-electron chi connectivity index (χ0n) is 10.00. The number of aryl methyl sites for hydroxylation is 2. The molecule has 0 atom stereocenters. The van der Waals surface area contributed by atoms with Gasteiger partial charge in [0.05, 0.1) is 4.47 Å². The molecule has 2 rings (SSSR count). The lowest BCUT2D eigenvalue weighted by Gasteiger charge is -2.07. The molecule has 3 heteroatoms. The van der Waals surface area contributed by atoms with Gasteiger partial charge >= 0.3 is 0 Å². The summed E-state index contributed by atoms with van der Waals surface area (Å²) in [5.41, 5.74) is 1.23. The Labute approximate surface area is 115 Å². The summed E-state index contributed by atoms with van der Waals surface area (Å²) in [6.45, 7) is 4.89. The van der Waals surface area contributed by atoms with Gasteiger partial charge in [0.15, 0.2) is 0 Å². The van der Waals surface area contributed by atoms with Gasteiger partial charge in [-0.05, 0) is 59.1 Å². The van der Waals surface area contributed by atoms with E-state index in [9.17, 15) is 0 Å². The van der Waals surface area contributed by atoms with Gasteiger partial charge in [0, 0.05) is 9.75 Å². The van der Waals surface area contributed by atoms with Gasteiger partial charge in [0.1, 0.15) is 12.4 Å². The van der Waals surface area contributed by atoms with Crippen molar-refractivity contribution in [2.24, 2.45) is 0 Å². The lowest BCUT2D eigenvalue weighted by molar-refractivity contribution is 0.308. The standard InChI is InChI=1S/C14H15BrOS/c1-3-11-5-6-12(17-11)9-16-14-7-4-10(2)8-13(14)15/h4-8H,3,9H2,1-2H3. The van der Waals surface area contributed by atoms with Gasteiger partial charge in [-0.3, -0.25) is 0 Å². The fraction of sp³-hybridized carbons (Fsp3) is 0.286. The summed E-state index contributed by atoms with van der Waals surface area (Å²) in [5, 5.41) is 0. The summed E-state index contributed by atoms with van der Waals surface area (Å²) < 4.78 is 6.82. The molecule has 0 amide bonds. The largest absolute Gasteiger partial charge is 0.487 e. The molecule has 1 heterocycles. The van der Waals surface area contributed by atoms with Crippen LogP contribution in [-0.2, 0) is 13.0 Å². The van der Waals surface area contributed by atoms with E-state index < -0.39 is 0 Å². The van der Waals surface area contributed by atoms with E-state index in [0.717, 1.165) is 16.6 Å². The Morgan fingerprint density at radius 3 is 2.59 bits per heavy atom. The molecule has 0 aliphatic heterocycles. The van der Waals surface area contributed by atoms with Gasteiger partial charge in [-0.15, -0.1) is 11.3 Å². The number of hydrogen-bond donors (Lipinski definition) is 0. The van der Waals surface area contributed by atoms with Crippen molar-refractivity contribution < 1.29 is 4.74 Å². The molecule has 0 fully saturated rings. The molecule has 1 aromatic heterocycles. The van der Waals surface area contributed by atoms with Crippen LogP contribution in [0.25, 0.3) is 0 Å². The summed E-state index contributed by atoms with van der Waals surface area (Å²) in [4.78, 5) is 2.68. The van der Waals surface area contributed by atoms with Gasteiger partial charge in [0.2, 0.25) is 0 Å². The molecule has 0 saturated carbocycles. The van der Waals surface area contributed by atoms with Gasteiger partial charge in [-0.25, -0.2) is 0 Å². The quantitative estimate of drug-likeness (QED) is 0.775. The number of thiophene rings is 1. The summed E-state index contributed by atoms with van der Waals surface area (Å²) in [7, 11) is 0. The minimum Gasteiger partial charge on any atom is -0.487 e. The fourth-order valence-electron chi connectivity index (χ4n) is 1.56. The molecule has 1 nitrogen and oxygen atoms in total. The van der Waals surface area contributed by atoms with E-state index in [1.807, 2.05) is 17.4 Å². The molecular weight excluding hydrogens is 296 g/mol. The molecule has 0 bridgehead atoms. The predicted molar refractivity (Wildman–Crippen MR) is 76.9 cm³/mol. The van der Waals surface area contributed by atoms with Crippen molar-refractivity contribution in [2.45, 2.75) is 26.9 Å². The molecule has 0 saturated heterocycles. The van der Waals surface area contributed by atoms with Crippen LogP contribution in [0.2, 0.25) is 0 Å². The molecular formula is C14H15BrOS. The molecule has 0 aliphatic rings. The molecule has 0 spiro atoms. The Hall–Kier alpha value is -0.800. The van der Waals surface area contributed by atoms with Crippen LogP contribution >= 0.6 is 27.3 Å². The van der Waals surface area contributed by atoms with Crippen molar-refractivity contribution in [1.29, 1.82) is 0 Å². The third-order valence-corrected chi connectivity index (χ3v) is 4.35. The van der Waals surface area contributed by atoms with Crippen LogP contribution in [0.3, 0.4) is 0 Å². The normalized spacial score (nSPS) is 10.5. The molecule has 0 unspecified atom stereocenters. The van der Waals surface area contributed by atoms with E-state index >= 15 is 0 Å². The number of hydrogen-bond acceptors (Lipinski definition) is 2. The number of benzene rings is 1. The second-order valence-corrected chi connectivity index (χ2v) is 6.05. The Kier molecular flexibility index (Phi) is 4.24. The van der Waals surface area contributed by atoms with Gasteiger partial charge in [-0.2, -0.15) is 0 Å². The van der Waals surface area contributed by atoms with E-state index in [1.165, 1.54) is 15.3 Å². The van der Waals surface area contributed by atoms with Crippen LogP contribution < -0.4 is 4.74 Å². The molecule has 90 valence electrons. The van der Waals surface area contributed by atoms with Crippen molar-refractivity contribution in [3.63, 3.8) is 0 Å². The zero-order valence-corrected chi connectivity index (χ0v) is 12.4. The van der Waals surface area contributed by atoms with Gasteiger partial charge in [0.25, 0.3) is 0 Å². The van der Waals surface area contributed by atoms with Crippen LogP contribution in [0.15, 0.2) is 34.8 Å². The van der Waals surface area contributed by atoms with E-state index in [-0.39, 0.29) is 0 Å². The summed E-state index contributed by atoms with van der Waals surface area (Å²) >= 11 is 5.34. The van der Waals surface area contributed by atoms with E-state index in [1.54, 1.807) is 0 Å². The Morgan fingerprint density at radius 1 is 1.18 bits per heavy atom. The molecule has 0 aliphatic carbocycles. The highest BCUT2D eigenvalue weighted by Crippen LogP contribution is 2.27. The Bertz CT molecular complexity index is 505. The molecule has 0 N–H and O–H groups in total. The maximum absolute atomic E-state index is 5.80. The minimum absolute atomic E-state index is 0.645. The highest BCUT2D eigenvalue weighted by molar-refractivity contribution is 9.10. The van der Waals surface area contributed by atoms with Crippen LogP contribution in [0.4, 0.5) is 0 Å². The first-order valence-corrected chi connectivity index (χ1v) is 7.26. The number of rotatable bonds is 4. The highest BCUT2D eigenvalue weighted by Gasteiger charge is 2.03. The van der Waals surface area contributed by atoms with E-state index in [4.69, 9.17) is 4.74 Å². The maximum Gasteiger partial charge on any atom is 0.134 e. The lowest BCUT2D eigenvalue weighted by atomic mass is 10.2. The first kappa shape index (κ1) is 12.7. The molecule has 17 heavy (non-hydrogen) atoms. The van der Waals surface area contributed by atoms with E-state index in [0.29, 0.717) is 6.61 Å². The summed E-state index contributed by atoms with van der Waals surface area (Å²) in [5.74, 6) is 0.905. The number of halogens is 1. The average Bonchev–Trinajstić information content (AvgIpc) is 2.76. The topological polar surface area (TPSA) is 9.23 Å². The highest BCUT2D eigenvalue weighted by atomic mass is 79.9. The summed E-state index contributed by atoms with van der Waals surface area (Å²) in [6.07, 6.45) is 1.10. The minimum atomic E-state index is 0.645. The van der Waals surface area contributed by atoms with Crippen LogP contribution in [0.1, 0.15) is 22.2 Å². The monoisotopic (exact) mass is 310 g/mol. The molecule has 0 radical (unpaired) electrons. The Morgan fingerprint density at radius 2 is 1.94 bits per heavy atom. The van der Waals surface area contributed by atoms with Gasteiger partial charge < -0.3 is 4.74 Å². The lowest BCUT2D eigenvalue weighted by Crippen LogP contribution is -1.93. The smallest absolute Gasteiger partial charge is 0.134 e. The van der Waals surface area contributed by atoms with Crippen molar-refractivity contribution in [1.82, 2.24) is 0 Å². The van der Waals surface area contributed by atoms with Crippen molar-refractivity contribution in [3.8, 4) is 5.75 Å². The van der Waals surface area contributed by atoms with Crippen LogP contribution in [-0.4, -0.2) is 0 Å². The molecule has 1 aromatic carbocycles. The second-order valence-electron chi connectivity index (χ2n) is 3.94. The predicted octanol–water partition coefficient (Wildman–Crippen LogP) is 4.96. The fourth-order valence-corrected chi connectivity index (χ4v) is 3.04. The Balaban J connectivity index is 2.02. The first-order chi connectivity index (χ1) is 8.19. The van der Waals surface area contributed by atoms with Crippen molar-refractivity contribution in [3.05, 3.63) is 50.1 Å². The van der Waals surface area contributed by atoms with E-state index in [2.05, 4.69) is 54.0 Å². The SMILES string of the molecule is CCc1ccc(COc2ccc(C)cc2Br)s1. The maximum atomic E-state index is 5.80. The van der Waals surface area contributed by atoms with Crippen molar-refractivity contribution in [2.75, 3.05) is 0 Å². The zero-order chi connectivity index (χ0) is 12.3. The molecule has 2 aromatic rings. The van der Waals surface area contributed by atoms with Crippen LogP contribution in [0.5, 0.6) is 5.75 Å².